The number of carbonyl (C=O) groups is 2. The summed E-state index contributed by atoms with van der Waals surface area (Å²) < 4.78 is 110. The lowest BCUT2D eigenvalue weighted by atomic mass is 9.88. The fourth-order valence-electron chi connectivity index (χ4n) is 6.30. The number of amides is 1. The van der Waals surface area contributed by atoms with Gasteiger partial charge < -0.3 is 14.7 Å². The monoisotopic (exact) mass is 695 g/mol. The zero-order valence-corrected chi connectivity index (χ0v) is 26.6. The molecule has 0 bridgehead atoms. The predicted octanol–water partition coefficient (Wildman–Crippen LogP) is 8.03. The average Bonchev–Trinajstić information content (AvgIpc) is 3.75. The molecule has 1 N–H and O–H groups in total. The molecule has 2 atom stereocenters. The summed E-state index contributed by atoms with van der Waals surface area (Å²) in [5.74, 6) is -0.154. The summed E-state index contributed by atoms with van der Waals surface area (Å²) >= 11 is 0. The quantitative estimate of drug-likeness (QED) is 0.234. The Balaban J connectivity index is 0.000000236. The van der Waals surface area contributed by atoms with Crippen LogP contribution in [0.2, 0.25) is 0 Å². The molecule has 6 nitrogen and oxygen atoms in total. The standard InChI is InChI=1S/C17H22FNO2S.C15H16F6O.CH2O2/c18-14-6-8-15(9-7-14)22(21)16-10-11-19(12-16)17(20)13-4-2-1-3-5-13;16-14(17,18)13(15(19,20)21,12-8-2-1-3-9-12)22-10-11-6-4-5-7-11;2-1-3/h6-9,13,16H,1-5,10-12H2;1-3,8-9,11H,4-7,10H2;1H,(H,2,3). The molecule has 2 aromatic carbocycles. The van der Waals surface area contributed by atoms with Crippen molar-refractivity contribution < 1.29 is 54.4 Å². The summed E-state index contributed by atoms with van der Waals surface area (Å²) in [6.45, 7) is 0.472. The van der Waals surface area contributed by atoms with Crippen LogP contribution in [0, 0.1) is 17.7 Å². The van der Waals surface area contributed by atoms with Gasteiger partial charge in [-0.25, -0.2) is 4.39 Å². The molecule has 1 aliphatic heterocycles. The van der Waals surface area contributed by atoms with Crippen LogP contribution >= 0.6 is 0 Å². The fraction of sp³-hybridized carbons (Fsp3) is 0.576. The second-order valence-corrected chi connectivity index (χ2v) is 13.6. The smallest absolute Gasteiger partial charge is 0.430 e. The van der Waals surface area contributed by atoms with E-state index in [4.69, 9.17) is 9.90 Å². The van der Waals surface area contributed by atoms with Crippen LogP contribution in [0.25, 0.3) is 0 Å². The zero-order valence-electron chi connectivity index (χ0n) is 25.8. The highest BCUT2D eigenvalue weighted by Crippen LogP contribution is 2.53. The molecular weight excluding hydrogens is 655 g/mol. The van der Waals surface area contributed by atoms with Crippen molar-refractivity contribution in [3.63, 3.8) is 0 Å². The Hall–Kier alpha value is -3.00. The number of likely N-dealkylation sites (tertiary alicyclic amines) is 1. The van der Waals surface area contributed by atoms with Crippen LogP contribution in [0.15, 0.2) is 59.5 Å². The van der Waals surface area contributed by atoms with E-state index in [9.17, 15) is 39.7 Å². The number of hydrogen-bond donors (Lipinski definition) is 1. The third-order valence-electron chi connectivity index (χ3n) is 8.75. The van der Waals surface area contributed by atoms with Crippen molar-refractivity contribution >= 4 is 23.2 Å². The molecule has 14 heteroatoms. The largest absolute Gasteiger partial charge is 0.483 e. The van der Waals surface area contributed by atoms with Crippen molar-refractivity contribution in [3.8, 4) is 0 Å². The third kappa shape index (κ3) is 10.0. The van der Waals surface area contributed by atoms with E-state index in [1.807, 2.05) is 4.90 Å². The van der Waals surface area contributed by atoms with Gasteiger partial charge in [0.25, 0.3) is 12.1 Å². The lowest BCUT2D eigenvalue weighted by molar-refractivity contribution is -0.391. The number of carbonyl (C=O) groups excluding carboxylic acids is 1. The first-order chi connectivity index (χ1) is 22.2. The van der Waals surface area contributed by atoms with Gasteiger partial charge in [-0.2, -0.15) is 26.3 Å². The molecule has 3 fully saturated rings. The van der Waals surface area contributed by atoms with E-state index in [-0.39, 0.29) is 35.3 Å². The first-order valence-corrected chi connectivity index (χ1v) is 16.8. The molecule has 2 aromatic rings. The minimum atomic E-state index is -5.59. The van der Waals surface area contributed by atoms with Crippen LogP contribution in [0.5, 0.6) is 0 Å². The second-order valence-electron chi connectivity index (χ2n) is 11.9. The normalized spacial score (nSPS) is 20.1. The van der Waals surface area contributed by atoms with E-state index in [1.54, 1.807) is 12.1 Å². The number of carboxylic acid groups (broad SMARTS) is 1. The molecular formula is C33H40F7NO5S. The van der Waals surface area contributed by atoms with Crippen molar-refractivity contribution in [1.29, 1.82) is 0 Å². The molecule has 1 heterocycles. The Morgan fingerprint density at radius 2 is 1.38 bits per heavy atom. The van der Waals surface area contributed by atoms with Gasteiger partial charge in [0.2, 0.25) is 5.91 Å². The molecule has 2 saturated carbocycles. The third-order valence-corrected chi connectivity index (χ3v) is 10.5. The maximum Gasteiger partial charge on any atom is 0.430 e. The van der Waals surface area contributed by atoms with Gasteiger partial charge in [-0.3, -0.25) is 13.8 Å². The van der Waals surface area contributed by atoms with E-state index >= 15 is 0 Å². The first-order valence-electron chi connectivity index (χ1n) is 15.6. The van der Waals surface area contributed by atoms with Crippen molar-refractivity contribution in [2.75, 3.05) is 19.7 Å². The number of ether oxygens (including phenoxy) is 1. The minimum absolute atomic E-state index is 0.0296. The number of alkyl halides is 6. The van der Waals surface area contributed by atoms with E-state index in [0.29, 0.717) is 30.8 Å². The van der Waals surface area contributed by atoms with Gasteiger partial charge in [-0.05, 0) is 62.3 Å². The second kappa shape index (κ2) is 17.4. The Morgan fingerprint density at radius 1 is 0.851 bits per heavy atom. The van der Waals surface area contributed by atoms with Gasteiger partial charge in [0.15, 0.2) is 0 Å². The van der Waals surface area contributed by atoms with Crippen molar-refractivity contribution in [3.05, 3.63) is 66.0 Å². The molecule has 0 aromatic heterocycles. The summed E-state index contributed by atoms with van der Waals surface area (Å²) in [6.07, 6.45) is -2.07. The Morgan fingerprint density at radius 3 is 1.91 bits per heavy atom. The lowest BCUT2D eigenvalue weighted by Crippen LogP contribution is -2.56. The highest BCUT2D eigenvalue weighted by molar-refractivity contribution is 7.85. The molecule has 0 spiro atoms. The molecule has 47 heavy (non-hydrogen) atoms. The van der Waals surface area contributed by atoms with Gasteiger partial charge in [-0.1, -0.05) is 62.4 Å². The van der Waals surface area contributed by atoms with Crippen LogP contribution in [-0.2, 0) is 30.7 Å². The topological polar surface area (TPSA) is 83.9 Å². The van der Waals surface area contributed by atoms with Crippen molar-refractivity contribution in [2.24, 2.45) is 11.8 Å². The van der Waals surface area contributed by atoms with E-state index in [2.05, 4.69) is 4.74 Å². The van der Waals surface area contributed by atoms with Gasteiger partial charge in [-0.15, -0.1) is 0 Å². The highest BCUT2D eigenvalue weighted by Gasteiger charge is 2.73. The summed E-state index contributed by atoms with van der Waals surface area (Å²) in [6, 6.07) is 11.1. The molecule has 0 radical (unpaired) electrons. The maximum atomic E-state index is 13.4. The minimum Gasteiger partial charge on any atom is -0.483 e. The van der Waals surface area contributed by atoms with Gasteiger partial charge >= 0.3 is 12.4 Å². The molecule has 1 saturated heterocycles. The Labute approximate surface area is 272 Å². The molecule has 3 aliphatic rings. The molecule has 2 aliphatic carbocycles. The average molecular weight is 696 g/mol. The number of halogens is 7. The van der Waals surface area contributed by atoms with E-state index in [1.165, 1.54) is 24.6 Å². The summed E-state index contributed by atoms with van der Waals surface area (Å²) in [5, 5.41) is 6.86. The molecule has 2 unspecified atom stereocenters. The Bertz CT molecular complexity index is 1270. The summed E-state index contributed by atoms with van der Waals surface area (Å²) in [7, 11) is -1.17. The fourth-order valence-corrected chi connectivity index (χ4v) is 7.72. The van der Waals surface area contributed by atoms with E-state index in [0.717, 1.165) is 69.2 Å². The van der Waals surface area contributed by atoms with E-state index < -0.39 is 40.9 Å². The molecule has 1 amide bonds. The van der Waals surface area contributed by atoms with Crippen LogP contribution in [0.3, 0.4) is 0 Å². The van der Waals surface area contributed by atoms with Crippen molar-refractivity contribution in [1.82, 2.24) is 4.90 Å². The molecule has 262 valence electrons. The lowest BCUT2D eigenvalue weighted by Gasteiger charge is -2.38. The summed E-state index contributed by atoms with van der Waals surface area (Å²) in [5.41, 5.74) is -5.21. The van der Waals surface area contributed by atoms with Gasteiger partial charge in [0, 0.05) is 29.5 Å². The van der Waals surface area contributed by atoms with Crippen LogP contribution in [-0.4, -0.2) is 63.9 Å². The van der Waals surface area contributed by atoms with Crippen LogP contribution in [0.1, 0.15) is 69.8 Å². The Kier molecular flexibility index (Phi) is 14.2. The van der Waals surface area contributed by atoms with Crippen molar-refractivity contribution in [2.45, 2.75) is 92.3 Å². The van der Waals surface area contributed by atoms with Crippen LogP contribution < -0.4 is 0 Å². The predicted molar refractivity (Wildman–Crippen MR) is 161 cm³/mol. The number of hydrogen-bond acceptors (Lipinski definition) is 4. The maximum absolute atomic E-state index is 13.4. The van der Waals surface area contributed by atoms with Gasteiger partial charge in [0.1, 0.15) is 5.82 Å². The highest BCUT2D eigenvalue weighted by atomic mass is 32.2. The number of rotatable bonds is 7. The zero-order chi connectivity index (χ0) is 34.7. The SMILES string of the molecule is FC(F)(F)C(OCC1CCCC1)(c1ccccc1)C(F)(F)F.O=C(C1CCCCC1)N1CCC(S(=O)c2ccc(F)cc2)C1.O=CO. The van der Waals surface area contributed by atoms with Crippen LogP contribution in [0.4, 0.5) is 30.7 Å². The number of nitrogens with zero attached hydrogens (tertiary/aromatic N) is 1. The number of benzene rings is 2. The van der Waals surface area contributed by atoms with Gasteiger partial charge in [0.05, 0.1) is 22.7 Å². The first kappa shape index (κ1) is 38.4. The molecule has 5 rings (SSSR count). The summed E-state index contributed by atoms with van der Waals surface area (Å²) in [4.78, 5) is 23.4.